The molecule has 0 aromatic carbocycles. The summed E-state index contributed by atoms with van der Waals surface area (Å²) in [7, 11) is 0. The number of rotatable bonds is 2. The van der Waals surface area contributed by atoms with E-state index in [1.807, 2.05) is 0 Å². The van der Waals surface area contributed by atoms with E-state index in [1.54, 1.807) is 0 Å². The van der Waals surface area contributed by atoms with E-state index in [0.29, 0.717) is 0 Å². The molecule has 0 spiro atoms. The maximum absolute atomic E-state index is 12.5. The first-order valence-electron chi connectivity index (χ1n) is 4.08. The molecule has 1 fully saturated rings. The number of hydrogen-bond acceptors (Lipinski definition) is 2. The van der Waals surface area contributed by atoms with Crippen LogP contribution in [0.4, 0.5) is 13.2 Å². The van der Waals surface area contributed by atoms with Crippen LogP contribution in [-0.2, 0) is 0 Å². The van der Waals surface area contributed by atoms with Crippen molar-refractivity contribution < 1.29 is 18.3 Å². The fourth-order valence-electron chi connectivity index (χ4n) is 1.52. The predicted molar refractivity (Wildman–Crippen MR) is 46.8 cm³/mol. The lowest BCUT2D eigenvalue weighted by Gasteiger charge is -2.33. The summed E-state index contributed by atoms with van der Waals surface area (Å²) in [5.74, 6) is 0. The molecule has 0 radical (unpaired) electrons. The Hall–Kier alpha value is 0.100. The molecule has 1 aliphatic rings. The van der Waals surface area contributed by atoms with Crippen LogP contribution in [0.1, 0.15) is 26.7 Å². The Morgan fingerprint density at radius 2 is 1.69 bits per heavy atom. The largest absolute Gasteiger partial charge is 0.397 e. The van der Waals surface area contributed by atoms with E-state index in [4.69, 9.17) is 0 Å². The second kappa shape index (κ2) is 2.79. The molecule has 1 saturated carbocycles. The predicted octanol–water partition coefficient (Wildman–Crippen LogP) is 2.40. The van der Waals surface area contributed by atoms with Gasteiger partial charge in [0.15, 0.2) is 0 Å². The fourth-order valence-corrected chi connectivity index (χ4v) is 1.77. The maximum Gasteiger partial charge on any atom is 0.397 e. The van der Waals surface area contributed by atoms with Gasteiger partial charge in [0.2, 0.25) is 0 Å². The Morgan fingerprint density at radius 1 is 1.31 bits per heavy atom. The van der Waals surface area contributed by atoms with E-state index in [-0.39, 0.29) is 12.8 Å². The summed E-state index contributed by atoms with van der Waals surface area (Å²) in [6.45, 7) is 2.99. The Morgan fingerprint density at radius 3 is 1.77 bits per heavy atom. The molecule has 78 valence electrons. The third kappa shape index (κ3) is 1.81. The van der Waals surface area contributed by atoms with Crippen molar-refractivity contribution in [3.63, 3.8) is 0 Å². The summed E-state index contributed by atoms with van der Waals surface area (Å²) in [5.41, 5.74) is -1.89. The van der Waals surface area contributed by atoms with Gasteiger partial charge in [0.05, 0.1) is 11.5 Å². The van der Waals surface area contributed by atoms with Crippen molar-refractivity contribution in [2.24, 2.45) is 5.41 Å². The Balaban J connectivity index is 2.83. The maximum atomic E-state index is 12.5. The van der Waals surface area contributed by atoms with Crippen molar-refractivity contribution in [3.05, 3.63) is 0 Å². The number of aliphatic hydroxyl groups excluding tert-OH is 1. The van der Waals surface area contributed by atoms with Crippen LogP contribution in [0.25, 0.3) is 0 Å². The smallest absolute Gasteiger partial charge is 0.391 e. The zero-order chi connectivity index (χ0) is 10.5. The number of halogens is 3. The molecule has 1 aliphatic carbocycles. The van der Waals surface area contributed by atoms with Gasteiger partial charge in [-0.3, -0.25) is 0 Å². The topological polar surface area (TPSA) is 20.2 Å². The molecule has 1 N–H and O–H groups in total. The van der Waals surface area contributed by atoms with Crippen LogP contribution in [0, 0.1) is 5.41 Å². The molecular weight excluding hydrogens is 201 g/mol. The quantitative estimate of drug-likeness (QED) is 0.676. The second-order valence-corrected chi connectivity index (χ2v) is 5.36. The van der Waals surface area contributed by atoms with Crippen molar-refractivity contribution in [1.82, 2.24) is 0 Å². The molecule has 1 rings (SSSR count). The molecule has 0 bridgehead atoms. The van der Waals surface area contributed by atoms with Gasteiger partial charge >= 0.3 is 6.18 Å². The Labute approximate surface area is 80.7 Å². The van der Waals surface area contributed by atoms with Gasteiger partial charge in [-0.2, -0.15) is 25.8 Å². The molecule has 0 aromatic rings. The second-order valence-electron chi connectivity index (χ2n) is 4.21. The van der Waals surface area contributed by atoms with Gasteiger partial charge in [0.25, 0.3) is 0 Å². The summed E-state index contributed by atoms with van der Waals surface area (Å²) < 4.78 is 36.4. The molecular formula is C8H13F3OS. The molecule has 0 aliphatic heterocycles. The number of aliphatic hydroxyl groups is 1. The monoisotopic (exact) mass is 214 g/mol. The van der Waals surface area contributed by atoms with Gasteiger partial charge in [-0.1, -0.05) is 0 Å². The standard InChI is InChI=1S/C8H13F3OS/c1-6(2,13)5(12)7(3-4-7)8(9,10)11/h5,12-13H,3-4H2,1-2H3. The van der Waals surface area contributed by atoms with E-state index < -0.39 is 22.4 Å². The zero-order valence-corrected chi connectivity index (χ0v) is 8.41. The average Bonchev–Trinajstić information content (AvgIpc) is 2.60. The van der Waals surface area contributed by atoms with Crippen LogP contribution >= 0.6 is 12.6 Å². The van der Waals surface area contributed by atoms with E-state index in [9.17, 15) is 18.3 Å². The van der Waals surface area contributed by atoms with Crippen molar-refractivity contribution in [3.8, 4) is 0 Å². The lowest BCUT2D eigenvalue weighted by atomic mass is 9.89. The van der Waals surface area contributed by atoms with Gasteiger partial charge in [-0.25, -0.2) is 0 Å². The van der Waals surface area contributed by atoms with Gasteiger partial charge in [-0.05, 0) is 26.7 Å². The molecule has 1 unspecified atom stereocenters. The lowest BCUT2D eigenvalue weighted by molar-refractivity contribution is -0.217. The minimum Gasteiger partial charge on any atom is -0.391 e. The van der Waals surface area contributed by atoms with Crippen LogP contribution in [0.3, 0.4) is 0 Å². The van der Waals surface area contributed by atoms with Crippen molar-refractivity contribution in [2.75, 3.05) is 0 Å². The minimum atomic E-state index is -4.31. The molecule has 13 heavy (non-hydrogen) atoms. The Kier molecular flexibility index (Phi) is 2.40. The third-order valence-electron chi connectivity index (χ3n) is 2.55. The van der Waals surface area contributed by atoms with Gasteiger partial charge < -0.3 is 5.11 Å². The summed E-state index contributed by atoms with van der Waals surface area (Å²) in [6, 6.07) is 0. The van der Waals surface area contributed by atoms with Crippen LogP contribution in [-0.4, -0.2) is 22.1 Å². The zero-order valence-electron chi connectivity index (χ0n) is 7.52. The first-order chi connectivity index (χ1) is 5.61. The SMILES string of the molecule is CC(C)(S)C(O)C1(C(F)(F)F)CC1. The molecule has 1 atom stereocenters. The molecule has 0 saturated heterocycles. The highest BCUT2D eigenvalue weighted by molar-refractivity contribution is 7.81. The van der Waals surface area contributed by atoms with Gasteiger partial charge in [0.1, 0.15) is 0 Å². The molecule has 0 aromatic heterocycles. The number of hydrogen-bond donors (Lipinski definition) is 2. The van der Waals surface area contributed by atoms with E-state index in [2.05, 4.69) is 12.6 Å². The summed E-state index contributed by atoms with van der Waals surface area (Å²) in [6.07, 6.45) is -5.71. The van der Waals surface area contributed by atoms with Crippen LogP contribution < -0.4 is 0 Å². The minimum absolute atomic E-state index is 0.0155. The van der Waals surface area contributed by atoms with Crippen LogP contribution in [0.2, 0.25) is 0 Å². The molecule has 0 heterocycles. The normalized spacial score (nSPS) is 24.2. The highest BCUT2D eigenvalue weighted by atomic mass is 32.1. The first kappa shape index (κ1) is 11.2. The van der Waals surface area contributed by atoms with Crippen molar-refractivity contribution in [2.45, 2.75) is 43.7 Å². The highest BCUT2D eigenvalue weighted by Crippen LogP contribution is 2.62. The summed E-state index contributed by atoms with van der Waals surface area (Å²) in [5, 5.41) is 9.52. The summed E-state index contributed by atoms with van der Waals surface area (Å²) >= 11 is 3.96. The van der Waals surface area contributed by atoms with Gasteiger partial charge in [-0.15, -0.1) is 0 Å². The van der Waals surface area contributed by atoms with E-state index in [0.717, 1.165) is 0 Å². The highest BCUT2D eigenvalue weighted by Gasteiger charge is 2.69. The van der Waals surface area contributed by atoms with Crippen LogP contribution in [0.5, 0.6) is 0 Å². The van der Waals surface area contributed by atoms with Gasteiger partial charge in [0, 0.05) is 4.75 Å². The summed E-state index contributed by atoms with van der Waals surface area (Å²) in [4.78, 5) is 0. The van der Waals surface area contributed by atoms with E-state index >= 15 is 0 Å². The fraction of sp³-hybridized carbons (Fsp3) is 1.00. The first-order valence-corrected chi connectivity index (χ1v) is 4.53. The van der Waals surface area contributed by atoms with Crippen molar-refractivity contribution >= 4 is 12.6 Å². The number of thiol groups is 1. The lowest BCUT2D eigenvalue weighted by Crippen LogP contribution is -2.46. The molecule has 0 amide bonds. The molecule has 5 heteroatoms. The van der Waals surface area contributed by atoms with Crippen molar-refractivity contribution in [1.29, 1.82) is 0 Å². The Bertz CT molecular complexity index is 202. The average molecular weight is 214 g/mol. The molecule has 1 nitrogen and oxygen atoms in total. The number of alkyl halides is 3. The van der Waals surface area contributed by atoms with Crippen LogP contribution in [0.15, 0.2) is 0 Å². The van der Waals surface area contributed by atoms with E-state index in [1.165, 1.54) is 13.8 Å². The third-order valence-corrected chi connectivity index (χ3v) is 2.79.